The molecule has 0 saturated heterocycles. The molecule has 0 N–H and O–H groups in total. The molecular weight excluding hydrogens is 202 g/mol. The van der Waals surface area contributed by atoms with E-state index in [0.717, 1.165) is 12.2 Å². The van der Waals surface area contributed by atoms with Crippen molar-refractivity contribution in [1.29, 1.82) is 0 Å². The Morgan fingerprint density at radius 1 is 1.33 bits per heavy atom. The van der Waals surface area contributed by atoms with E-state index in [1.54, 1.807) is 20.8 Å². The highest BCUT2D eigenvalue weighted by Gasteiger charge is 2.10. The van der Waals surface area contributed by atoms with Gasteiger partial charge < -0.3 is 4.74 Å². The van der Waals surface area contributed by atoms with Crippen LogP contribution in [0.4, 0.5) is 8.78 Å². The van der Waals surface area contributed by atoms with E-state index in [9.17, 15) is 13.6 Å². The molecule has 0 rings (SSSR count). The fraction of sp³-hybridized carbons (Fsp3) is 0.545. The van der Waals surface area contributed by atoms with Gasteiger partial charge in [0.1, 0.15) is 5.83 Å². The Kier molecular flexibility index (Phi) is 6.58. The number of esters is 1. The zero-order valence-electron chi connectivity index (χ0n) is 9.22. The van der Waals surface area contributed by atoms with Gasteiger partial charge in [0.25, 0.3) is 0 Å². The molecule has 2 nitrogen and oxygen atoms in total. The van der Waals surface area contributed by atoms with Crippen LogP contribution in [0.1, 0.15) is 27.2 Å². The van der Waals surface area contributed by atoms with Crippen molar-refractivity contribution in [2.45, 2.75) is 27.2 Å². The Labute approximate surface area is 88.6 Å². The van der Waals surface area contributed by atoms with Crippen molar-refractivity contribution in [3.63, 3.8) is 0 Å². The summed E-state index contributed by atoms with van der Waals surface area (Å²) in [6, 6.07) is 0. The minimum Gasteiger partial charge on any atom is -0.463 e. The average Bonchev–Trinajstić information content (AvgIpc) is 2.24. The molecule has 0 aliphatic carbocycles. The molecule has 86 valence electrons. The van der Waals surface area contributed by atoms with Crippen LogP contribution < -0.4 is 0 Å². The highest BCUT2D eigenvalue weighted by molar-refractivity contribution is 5.82. The normalized spacial score (nSPS) is 15.0. The lowest BCUT2D eigenvalue weighted by molar-refractivity contribution is -0.137. The summed E-state index contributed by atoms with van der Waals surface area (Å²) in [5.74, 6) is -3.00. The zero-order chi connectivity index (χ0) is 11.8. The molecule has 0 heterocycles. The monoisotopic (exact) mass is 218 g/mol. The summed E-state index contributed by atoms with van der Waals surface area (Å²) in [6.45, 7) is 5.18. The number of hydrogen-bond donors (Lipinski definition) is 0. The van der Waals surface area contributed by atoms with Crippen LogP contribution in [-0.2, 0) is 9.53 Å². The first-order chi connectivity index (χ1) is 7.02. The van der Waals surface area contributed by atoms with Crippen molar-refractivity contribution >= 4 is 5.97 Å². The molecule has 0 radical (unpaired) electrons. The molecule has 0 amide bonds. The number of rotatable bonds is 5. The standard InChI is InChI=1S/C11H16F2O2/c1-4-8(3)11(13)9(12)6-7-10(14)15-5-2/h6-8H,4-5H2,1-3H3/b7-6+,11-9+. The molecule has 0 aromatic carbocycles. The Morgan fingerprint density at radius 3 is 2.40 bits per heavy atom. The van der Waals surface area contributed by atoms with Gasteiger partial charge in [0.2, 0.25) is 0 Å². The number of allylic oxidation sites excluding steroid dienone is 3. The fourth-order valence-electron chi connectivity index (χ4n) is 0.826. The average molecular weight is 218 g/mol. The first kappa shape index (κ1) is 13.8. The molecule has 0 aromatic rings. The number of halogens is 2. The summed E-state index contributed by atoms with van der Waals surface area (Å²) in [6.07, 6.45) is 2.17. The van der Waals surface area contributed by atoms with Gasteiger partial charge in [-0.2, -0.15) is 0 Å². The fourth-order valence-corrected chi connectivity index (χ4v) is 0.826. The lowest BCUT2D eigenvalue weighted by Crippen LogP contribution is -1.99. The molecule has 1 atom stereocenters. The van der Waals surface area contributed by atoms with Crippen molar-refractivity contribution in [1.82, 2.24) is 0 Å². The third-order valence-electron chi connectivity index (χ3n) is 1.93. The lowest BCUT2D eigenvalue weighted by Gasteiger charge is -2.04. The minimum atomic E-state index is -1.02. The third-order valence-corrected chi connectivity index (χ3v) is 1.93. The van der Waals surface area contributed by atoms with Gasteiger partial charge in [-0.3, -0.25) is 0 Å². The van der Waals surface area contributed by atoms with E-state index in [1.807, 2.05) is 0 Å². The van der Waals surface area contributed by atoms with Crippen molar-refractivity contribution in [2.24, 2.45) is 5.92 Å². The van der Waals surface area contributed by atoms with Crippen LogP contribution in [0.25, 0.3) is 0 Å². The predicted molar refractivity (Wildman–Crippen MR) is 54.5 cm³/mol. The number of hydrogen-bond acceptors (Lipinski definition) is 2. The highest BCUT2D eigenvalue weighted by atomic mass is 19.2. The number of carbonyl (C=O) groups excluding carboxylic acids is 1. The molecular formula is C11H16F2O2. The molecule has 0 saturated carbocycles. The minimum absolute atomic E-state index is 0.211. The van der Waals surface area contributed by atoms with Crippen LogP contribution in [0.3, 0.4) is 0 Å². The Bertz CT molecular complexity index is 270. The summed E-state index contributed by atoms with van der Waals surface area (Å²) < 4.78 is 30.7. The maximum Gasteiger partial charge on any atom is 0.330 e. The molecule has 15 heavy (non-hydrogen) atoms. The van der Waals surface area contributed by atoms with Crippen molar-refractivity contribution in [2.75, 3.05) is 6.61 Å². The maximum atomic E-state index is 13.1. The van der Waals surface area contributed by atoms with Crippen LogP contribution in [0.15, 0.2) is 23.8 Å². The second-order valence-electron chi connectivity index (χ2n) is 3.09. The first-order valence-corrected chi connectivity index (χ1v) is 4.92. The van der Waals surface area contributed by atoms with Crippen LogP contribution in [0.5, 0.6) is 0 Å². The topological polar surface area (TPSA) is 26.3 Å². The number of carbonyl (C=O) groups is 1. The van der Waals surface area contributed by atoms with Crippen molar-refractivity contribution in [3.8, 4) is 0 Å². The summed E-state index contributed by atoms with van der Waals surface area (Å²) in [5.41, 5.74) is 0. The lowest BCUT2D eigenvalue weighted by atomic mass is 10.1. The van der Waals surface area contributed by atoms with E-state index >= 15 is 0 Å². The van der Waals surface area contributed by atoms with Gasteiger partial charge in [-0.15, -0.1) is 0 Å². The van der Waals surface area contributed by atoms with Crippen molar-refractivity contribution in [3.05, 3.63) is 23.8 Å². The van der Waals surface area contributed by atoms with E-state index < -0.39 is 23.5 Å². The molecule has 0 fully saturated rings. The smallest absolute Gasteiger partial charge is 0.330 e. The van der Waals surface area contributed by atoms with Gasteiger partial charge in [-0.25, -0.2) is 13.6 Å². The SMILES string of the molecule is CCOC(=O)/C=C/C(F)=C(\F)C(C)CC. The maximum absolute atomic E-state index is 13.1. The van der Waals surface area contributed by atoms with Gasteiger partial charge >= 0.3 is 5.97 Å². The van der Waals surface area contributed by atoms with Gasteiger partial charge in [0, 0.05) is 12.0 Å². The van der Waals surface area contributed by atoms with E-state index in [-0.39, 0.29) is 6.61 Å². The second-order valence-corrected chi connectivity index (χ2v) is 3.09. The van der Waals surface area contributed by atoms with Gasteiger partial charge in [-0.1, -0.05) is 13.8 Å². The first-order valence-electron chi connectivity index (χ1n) is 4.92. The van der Waals surface area contributed by atoms with Crippen LogP contribution in [0, 0.1) is 5.92 Å². The highest BCUT2D eigenvalue weighted by Crippen LogP contribution is 2.21. The van der Waals surface area contributed by atoms with E-state index in [1.165, 1.54) is 0 Å². The van der Waals surface area contributed by atoms with Gasteiger partial charge in [0.15, 0.2) is 5.83 Å². The van der Waals surface area contributed by atoms with Crippen LogP contribution in [0.2, 0.25) is 0 Å². The summed E-state index contributed by atoms with van der Waals surface area (Å²) in [5, 5.41) is 0. The van der Waals surface area contributed by atoms with Gasteiger partial charge in [0.05, 0.1) is 6.61 Å². The molecule has 0 aliphatic heterocycles. The number of ether oxygens (including phenoxy) is 1. The summed E-state index contributed by atoms with van der Waals surface area (Å²) in [7, 11) is 0. The van der Waals surface area contributed by atoms with E-state index in [0.29, 0.717) is 6.42 Å². The molecule has 0 aromatic heterocycles. The second kappa shape index (κ2) is 7.15. The molecule has 4 heteroatoms. The molecule has 1 unspecified atom stereocenters. The predicted octanol–water partition coefficient (Wildman–Crippen LogP) is 3.30. The zero-order valence-corrected chi connectivity index (χ0v) is 9.22. The van der Waals surface area contributed by atoms with Gasteiger partial charge in [-0.05, 0) is 19.4 Å². The van der Waals surface area contributed by atoms with Crippen LogP contribution >= 0.6 is 0 Å². The van der Waals surface area contributed by atoms with Crippen LogP contribution in [-0.4, -0.2) is 12.6 Å². The summed E-state index contributed by atoms with van der Waals surface area (Å²) in [4.78, 5) is 10.8. The largest absolute Gasteiger partial charge is 0.463 e. The Morgan fingerprint density at radius 2 is 1.93 bits per heavy atom. The molecule has 0 aliphatic rings. The van der Waals surface area contributed by atoms with E-state index in [4.69, 9.17) is 0 Å². The molecule has 0 spiro atoms. The summed E-state index contributed by atoms with van der Waals surface area (Å²) >= 11 is 0. The van der Waals surface area contributed by atoms with E-state index in [2.05, 4.69) is 4.74 Å². The molecule has 0 bridgehead atoms. The Hall–Kier alpha value is -1.19. The Balaban J connectivity index is 4.45. The third kappa shape index (κ3) is 5.30. The van der Waals surface area contributed by atoms with Crippen molar-refractivity contribution < 1.29 is 18.3 Å². The quantitative estimate of drug-likeness (QED) is 0.402.